The van der Waals surface area contributed by atoms with E-state index < -0.39 is 55.9 Å². The van der Waals surface area contributed by atoms with E-state index in [-0.39, 0.29) is 40.6 Å². The third-order valence-corrected chi connectivity index (χ3v) is 10.8. The third kappa shape index (κ3) is 6.51. The van der Waals surface area contributed by atoms with Crippen LogP contribution in [0.1, 0.15) is 41.6 Å². The topological polar surface area (TPSA) is 114 Å². The largest absolute Gasteiger partial charge is 0.497 e. The van der Waals surface area contributed by atoms with Crippen molar-refractivity contribution in [1.82, 2.24) is 0 Å². The summed E-state index contributed by atoms with van der Waals surface area (Å²) >= 11 is 6.30. The number of methoxy groups -OCH3 is 1. The summed E-state index contributed by atoms with van der Waals surface area (Å²) in [6.45, 7) is 0.174. The van der Waals surface area contributed by atoms with Crippen molar-refractivity contribution in [1.29, 1.82) is 0 Å². The van der Waals surface area contributed by atoms with Gasteiger partial charge in [-0.3, -0.25) is 4.79 Å². The van der Waals surface area contributed by atoms with Crippen molar-refractivity contribution in [3.05, 3.63) is 88.2 Å². The summed E-state index contributed by atoms with van der Waals surface area (Å²) in [5, 5.41) is 16.5. The highest BCUT2D eigenvalue weighted by Gasteiger charge is 2.54. The van der Waals surface area contributed by atoms with Crippen LogP contribution in [-0.4, -0.2) is 43.6 Å². The Balaban J connectivity index is 1.29. The number of ether oxygens (including phenoxy) is 1. The number of sulfone groups is 1. The average molecular weight is 637 g/mol. The van der Waals surface area contributed by atoms with Gasteiger partial charge < -0.3 is 20.0 Å². The van der Waals surface area contributed by atoms with Crippen LogP contribution >= 0.6 is 11.6 Å². The number of amides is 1. The van der Waals surface area contributed by atoms with Gasteiger partial charge in [0.05, 0.1) is 28.5 Å². The molecule has 0 aromatic heterocycles. The zero-order chi connectivity index (χ0) is 30.9. The number of carbonyl (C=O) groups is 1. The molecule has 2 saturated carbocycles. The van der Waals surface area contributed by atoms with Crippen molar-refractivity contribution in [3.63, 3.8) is 0 Å². The van der Waals surface area contributed by atoms with Gasteiger partial charge in [-0.2, -0.15) is 0 Å². The molecule has 0 saturated heterocycles. The van der Waals surface area contributed by atoms with Crippen molar-refractivity contribution < 1.29 is 41.1 Å². The minimum Gasteiger partial charge on any atom is -0.497 e. The predicted molar refractivity (Wildman–Crippen MR) is 153 cm³/mol. The van der Waals surface area contributed by atoms with E-state index >= 15 is 0 Å². The molecule has 4 atom stereocenters. The lowest BCUT2D eigenvalue weighted by molar-refractivity contribution is 0.0411. The zero-order valence-corrected chi connectivity index (χ0v) is 24.5. The molecule has 2 fully saturated rings. The molecule has 1 amide bonds. The maximum absolute atomic E-state index is 13.9. The highest BCUT2D eigenvalue weighted by atomic mass is 35.5. The number of oxime groups is 1. The van der Waals surface area contributed by atoms with Gasteiger partial charge in [0.15, 0.2) is 27.3 Å². The number of rotatable bonds is 9. The minimum atomic E-state index is -4.07. The molecule has 2 aliphatic carbocycles. The number of anilines is 1. The van der Waals surface area contributed by atoms with Crippen LogP contribution < -0.4 is 10.1 Å². The Morgan fingerprint density at radius 2 is 1.70 bits per heavy atom. The van der Waals surface area contributed by atoms with Crippen LogP contribution in [0.3, 0.4) is 0 Å². The van der Waals surface area contributed by atoms with E-state index in [2.05, 4.69) is 10.5 Å². The van der Waals surface area contributed by atoms with E-state index in [1.807, 2.05) is 12.1 Å². The molecule has 8 nitrogen and oxygen atoms in total. The summed E-state index contributed by atoms with van der Waals surface area (Å²) in [4.78, 5) is 17.9. The van der Waals surface area contributed by atoms with Crippen LogP contribution in [0.5, 0.6) is 5.75 Å². The fourth-order valence-corrected chi connectivity index (χ4v) is 8.83. The van der Waals surface area contributed by atoms with Crippen molar-refractivity contribution in [2.24, 2.45) is 17.0 Å². The quantitative estimate of drug-likeness (QED) is 0.171. The lowest BCUT2D eigenvalue weighted by Crippen LogP contribution is -2.47. The highest BCUT2D eigenvalue weighted by Crippen LogP contribution is 2.51. The molecule has 3 unspecified atom stereocenters. The summed E-state index contributed by atoms with van der Waals surface area (Å²) in [7, 11) is -2.50. The lowest BCUT2D eigenvalue weighted by Gasteiger charge is -2.38. The van der Waals surface area contributed by atoms with Gasteiger partial charge in [-0.25, -0.2) is 21.6 Å². The fourth-order valence-electron chi connectivity index (χ4n) is 5.99. The first-order chi connectivity index (χ1) is 20.4. The second-order valence-electron chi connectivity index (χ2n) is 10.8. The molecule has 0 heterocycles. The van der Waals surface area contributed by atoms with Gasteiger partial charge >= 0.3 is 0 Å². The van der Waals surface area contributed by atoms with Crippen molar-refractivity contribution in [2.45, 2.75) is 48.0 Å². The van der Waals surface area contributed by atoms with E-state index in [9.17, 15) is 31.5 Å². The van der Waals surface area contributed by atoms with Crippen molar-refractivity contribution in [3.8, 4) is 5.75 Å². The van der Waals surface area contributed by atoms with Gasteiger partial charge in [0, 0.05) is 23.4 Å². The van der Waals surface area contributed by atoms with Crippen molar-refractivity contribution >= 4 is 39.2 Å². The Labute approximate surface area is 251 Å². The molecule has 2 aliphatic rings. The molecule has 43 heavy (non-hydrogen) atoms. The van der Waals surface area contributed by atoms with Crippen LogP contribution in [0.2, 0.25) is 5.02 Å². The Morgan fingerprint density at radius 1 is 1.07 bits per heavy atom. The van der Waals surface area contributed by atoms with Crippen LogP contribution in [-0.2, 0) is 21.3 Å². The molecule has 3 aromatic carbocycles. The Bertz CT molecular complexity index is 1630. The Morgan fingerprint density at radius 3 is 2.30 bits per heavy atom. The molecule has 228 valence electrons. The molecule has 0 aliphatic heterocycles. The van der Waals surface area contributed by atoms with E-state index in [0.29, 0.717) is 30.7 Å². The lowest BCUT2D eigenvalue weighted by atomic mass is 9.78. The smallest absolute Gasteiger partial charge is 0.255 e. The normalized spacial score (nSPS) is 23.3. The molecule has 0 spiro atoms. The second-order valence-corrected chi connectivity index (χ2v) is 13.3. The predicted octanol–water partition coefficient (Wildman–Crippen LogP) is 5.91. The van der Waals surface area contributed by atoms with E-state index in [1.165, 1.54) is 18.3 Å². The maximum Gasteiger partial charge on any atom is 0.255 e. The number of hydrogen-bond donors (Lipinski definition) is 2. The van der Waals surface area contributed by atoms with Gasteiger partial charge in [-0.05, 0) is 73.4 Å². The average Bonchev–Trinajstić information content (AvgIpc) is 3.27. The van der Waals surface area contributed by atoms with Gasteiger partial charge in [0.1, 0.15) is 18.0 Å². The number of nitrogens with zero attached hydrogens (tertiary/aromatic N) is 1. The van der Waals surface area contributed by atoms with Gasteiger partial charge in [-0.1, -0.05) is 28.9 Å². The first-order valence-electron chi connectivity index (χ1n) is 13.4. The number of halogens is 4. The molecule has 0 radical (unpaired) electrons. The summed E-state index contributed by atoms with van der Waals surface area (Å²) in [6.07, 6.45) is 2.74. The number of nitrogens with one attached hydrogen (secondary N) is 1. The van der Waals surface area contributed by atoms with Crippen LogP contribution in [0.4, 0.5) is 18.9 Å². The number of benzene rings is 3. The van der Waals surface area contributed by atoms with Crippen LogP contribution in [0.15, 0.2) is 64.6 Å². The van der Waals surface area contributed by atoms with E-state index in [1.54, 1.807) is 19.2 Å². The summed E-state index contributed by atoms with van der Waals surface area (Å²) in [6, 6.07) is 12.1. The molecule has 13 heteroatoms. The SMILES string of the molecule is COc1ccc(CO/N=C/C2(O)CC3CC[C@H](C2)C3S(=O)(=O)c2cc(C(=O)Nc3cc(F)c(F)c(F)c3)ccc2Cl)cc1. The number of fused-ring (bicyclic) bond motifs is 2. The summed E-state index contributed by atoms with van der Waals surface area (Å²) < 4.78 is 73.4. The van der Waals surface area contributed by atoms with Gasteiger partial charge in [0.2, 0.25) is 0 Å². The molecule has 5 rings (SSSR count). The molecular formula is C30H28ClF3N2O6S. The minimum absolute atomic E-state index is 0.0934. The summed E-state index contributed by atoms with van der Waals surface area (Å²) in [5.74, 6) is -5.63. The first-order valence-corrected chi connectivity index (χ1v) is 15.3. The van der Waals surface area contributed by atoms with Crippen LogP contribution in [0, 0.1) is 29.3 Å². The van der Waals surface area contributed by atoms with E-state index in [4.69, 9.17) is 21.2 Å². The fraction of sp³-hybridized carbons (Fsp3) is 0.333. The monoisotopic (exact) mass is 636 g/mol. The van der Waals surface area contributed by atoms with Gasteiger partial charge in [0.25, 0.3) is 5.91 Å². The molecular weight excluding hydrogens is 609 g/mol. The first kappa shape index (κ1) is 30.8. The zero-order valence-electron chi connectivity index (χ0n) is 22.9. The van der Waals surface area contributed by atoms with Crippen molar-refractivity contribution in [2.75, 3.05) is 12.4 Å². The highest BCUT2D eigenvalue weighted by molar-refractivity contribution is 7.92. The summed E-state index contributed by atoms with van der Waals surface area (Å²) in [5.41, 5.74) is -0.985. The van der Waals surface area contributed by atoms with Gasteiger partial charge in [-0.15, -0.1) is 0 Å². The van der Waals surface area contributed by atoms with E-state index in [0.717, 1.165) is 11.6 Å². The van der Waals surface area contributed by atoms with Crippen LogP contribution in [0.25, 0.3) is 0 Å². The number of carbonyl (C=O) groups excluding carboxylic acids is 1. The number of aliphatic hydroxyl groups is 1. The third-order valence-electron chi connectivity index (χ3n) is 7.93. The number of hydrogen-bond acceptors (Lipinski definition) is 7. The second kappa shape index (κ2) is 12.2. The molecule has 2 bridgehead atoms. The molecule has 3 aromatic rings. The maximum atomic E-state index is 13.9. The Hall–Kier alpha value is -3.61. The molecule has 2 N–H and O–H groups in total. The Kier molecular flexibility index (Phi) is 8.73. The standard InChI is InChI=1S/C30H28ClF3N2O6S/c1-41-22-7-2-17(3-8-22)15-42-35-16-30(38)13-19-4-5-20(14-30)28(19)43(39,40)26-10-18(6-9-23(26)31)29(37)36-21-11-24(32)27(34)25(33)12-21/h2-3,6-12,16,19-20,28,38H,4-5,13-15H2,1H3,(H,36,37)/b35-16+/t19-,20?,28?,30?/m1/s1.